The number of rotatable bonds is 0. The molecule has 2 rings (SSSR count). The van der Waals surface area contributed by atoms with Crippen molar-refractivity contribution in [3.63, 3.8) is 0 Å². The Balaban J connectivity index is 3.03. The van der Waals surface area contributed by atoms with Crippen LogP contribution in [0.4, 0.5) is 0 Å². The van der Waals surface area contributed by atoms with Gasteiger partial charge in [0.15, 0.2) is 0 Å². The molecule has 68 valence electrons. The predicted molar refractivity (Wildman–Crippen MR) is 56.0 cm³/mol. The average molecular weight is 241 g/mol. The highest BCUT2D eigenvalue weighted by Crippen LogP contribution is 2.22. The lowest BCUT2D eigenvalue weighted by molar-refractivity contribution is 0.890. The Kier molecular flexibility index (Phi) is 1.80. The van der Waals surface area contributed by atoms with Crippen molar-refractivity contribution in [2.75, 3.05) is 0 Å². The Morgan fingerprint density at radius 3 is 2.85 bits per heavy atom. The number of H-pyrrole nitrogens is 1. The Labute approximate surface area is 83.5 Å². The van der Waals surface area contributed by atoms with Gasteiger partial charge < -0.3 is 4.98 Å². The molecule has 0 radical (unpaired) electrons. The van der Waals surface area contributed by atoms with Crippen LogP contribution in [0.15, 0.2) is 21.4 Å². The Bertz CT molecular complexity index is 524. The van der Waals surface area contributed by atoms with Crippen LogP contribution in [0.2, 0.25) is 0 Å². The van der Waals surface area contributed by atoms with Crippen LogP contribution in [0.5, 0.6) is 0 Å². The van der Waals surface area contributed by atoms with Gasteiger partial charge in [0.25, 0.3) is 0 Å². The van der Waals surface area contributed by atoms with Gasteiger partial charge in [-0.15, -0.1) is 0 Å². The second-order valence-corrected chi connectivity index (χ2v) is 3.99. The SMILES string of the molecule is Cc1cc(Br)c2c(c1)[nH]c(=O)n2C. The van der Waals surface area contributed by atoms with E-state index in [9.17, 15) is 4.79 Å². The standard InChI is InChI=1S/C9H9BrN2O/c1-5-3-6(10)8-7(4-5)11-9(13)12(8)2/h3-4H,1-2H3,(H,11,13). The van der Waals surface area contributed by atoms with E-state index in [2.05, 4.69) is 20.9 Å². The number of halogens is 1. The number of imidazole rings is 1. The molecule has 0 saturated heterocycles. The van der Waals surface area contributed by atoms with Crippen LogP contribution < -0.4 is 5.69 Å². The van der Waals surface area contributed by atoms with Crippen molar-refractivity contribution in [2.45, 2.75) is 6.92 Å². The van der Waals surface area contributed by atoms with Gasteiger partial charge in [-0.3, -0.25) is 4.57 Å². The first kappa shape index (κ1) is 8.56. The van der Waals surface area contributed by atoms with E-state index in [4.69, 9.17) is 0 Å². The number of fused-ring (bicyclic) bond motifs is 1. The van der Waals surface area contributed by atoms with E-state index in [1.54, 1.807) is 11.6 Å². The van der Waals surface area contributed by atoms with Gasteiger partial charge in [0.2, 0.25) is 0 Å². The van der Waals surface area contributed by atoms with Crippen LogP contribution in [0.1, 0.15) is 5.56 Å². The largest absolute Gasteiger partial charge is 0.326 e. The number of hydrogen-bond acceptors (Lipinski definition) is 1. The molecule has 3 nitrogen and oxygen atoms in total. The number of nitrogens with one attached hydrogen (secondary N) is 1. The van der Waals surface area contributed by atoms with Crippen molar-refractivity contribution in [1.29, 1.82) is 0 Å². The van der Waals surface area contributed by atoms with Gasteiger partial charge in [-0.1, -0.05) is 0 Å². The summed E-state index contributed by atoms with van der Waals surface area (Å²) in [5.74, 6) is 0. The normalized spacial score (nSPS) is 11.0. The molecule has 0 amide bonds. The average Bonchev–Trinajstić information content (AvgIpc) is 2.27. The number of aromatic amines is 1. The fourth-order valence-corrected chi connectivity index (χ4v) is 2.31. The molecule has 2 aromatic rings. The minimum absolute atomic E-state index is 0.0821. The number of nitrogens with zero attached hydrogens (tertiary/aromatic N) is 1. The molecule has 0 aliphatic rings. The molecular weight excluding hydrogens is 232 g/mol. The number of aromatic nitrogens is 2. The molecule has 0 saturated carbocycles. The van der Waals surface area contributed by atoms with Gasteiger partial charge in [0.05, 0.1) is 11.0 Å². The lowest BCUT2D eigenvalue weighted by Gasteiger charge is -1.98. The van der Waals surface area contributed by atoms with E-state index in [0.717, 1.165) is 21.1 Å². The van der Waals surface area contributed by atoms with E-state index < -0.39 is 0 Å². The third kappa shape index (κ3) is 1.21. The molecule has 1 N–H and O–H groups in total. The molecule has 4 heteroatoms. The van der Waals surface area contributed by atoms with Crippen LogP contribution in [0.3, 0.4) is 0 Å². The number of benzene rings is 1. The first-order valence-corrected chi connectivity index (χ1v) is 4.74. The fraction of sp³-hybridized carbons (Fsp3) is 0.222. The van der Waals surface area contributed by atoms with Crippen molar-refractivity contribution < 1.29 is 0 Å². The summed E-state index contributed by atoms with van der Waals surface area (Å²) in [5.41, 5.74) is 2.83. The first-order valence-electron chi connectivity index (χ1n) is 3.94. The molecule has 0 aliphatic heterocycles. The highest BCUT2D eigenvalue weighted by atomic mass is 79.9. The zero-order valence-electron chi connectivity index (χ0n) is 7.39. The van der Waals surface area contributed by atoms with Crippen molar-refractivity contribution in [1.82, 2.24) is 9.55 Å². The van der Waals surface area contributed by atoms with E-state index >= 15 is 0 Å². The molecule has 0 fully saturated rings. The second-order valence-electron chi connectivity index (χ2n) is 3.13. The summed E-state index contributed by atoms with van der Waals surface area (Å²) >= 11 is 3.43. The monoisotopic (exact) mass is 240 g/mol. The zero-order chi connectivity index (χ0) is 9.59. The summed E-state index contributed by atoms with van der Waals surface area (Å²) in [4.78, 5) is 14.1. The van der Waals surface area contributed by atoms with Crippen LogP contribution in [0.25, 0.3) is 11.0 Å². The molecule has 0 unspecified atom stereocenters. The van der Waals surface area contributed by atoms with Gasteiger partial charge in [-0.25, -0.2) is 4.79 Å². The summed E-state index contributed by atoms with van der Waals surface area (Å²) < 4.78 is 2.54. The van der Waals surface area contributed by atoms with Gasteiger partial charge in [-0.2, -0.15) is 0 Å². The maximum Gasteiger partial charge on any atom is 0.326 e. The van der Waals surface area contributed by atoms with Crippen molar-refractivity contribution >= 4 is 27.0 Å². The fourth-order valence-electron chi connectivity index (χ4n) is 1.47. The van der Waals surface area contributed by atoms with Crippen molar-refractivity contribution in [2.24, 2.45) is 7.05 Å². The van der Waals surface area contributed by atoms with Crippen LogP contribution >= 0.6 is 15.9 Å². The highest BCUT2D eigenvalue weighted by Gasteiger charge is 2.06. The summed E-state index contributed by atoms with van der Waals surface area (Å²) in [6.45, 7) is 2.00. The lowest BCUT2D eigenvalue weighted by atomic mass is 10.2. The molecule has 0 atom stereocenters. The second kappa shape index (κ2) is 2.73. The summed E-state index contributed by atoms with van der Waals surface area (Å²) in [7, 11) is 1.75. The third-order valence-corrected chi connectivity index (χ3v) is 2.69. The maximum atomic E-state index is 11.3. The van der Waals surface area contributed by atoms with Crippen molar-refractivity contribution in [3.05, 3.63) is 32.7 Å². The Morgan fingerprint density at radius 2 is 2.15 bits per heavy atom. The van der Waals surface area contributed by atoms with Gasteiger partial charge in [-0.05, 0) is 40.5 Å². The van der Waals surface area contributed by atoms with Crippen LogP contribution in [-0.2, 0) is 7.05 Å². The molecular formula is C9H9BrN2O. The lowest BCUT2D eigenvalue weighted by Crippen LogP contribution is -2.11. The molecule has 0 spiro atoms. The van der Waals surface area contributed by atoms with Crippen molar-refractivity contribution in [3.8, 4) is 0 Å². The number of hydrogen-bond donors (Lipinski definition) is 1. The predicted octanol–water partition coefficient (Wildman–Crippen LogP) is 1.94. The van der Waals surface area contributed by atoms with E-state index in [-0.39, 0.29) is 5.69 Å². The quantitative estimate of drug-likeness (QED) is 0.751. The smallest absolute Gasteiger partial charge is 0.305 e. The highest BCUT2D eigenvalue weighted by molar-refractivity contribution is 9.10. The van der Waals surface area contributed by atoms with E-state index in [1.807, 2.05) is 19.1 Å². The molecule has 1 aromatic carbocycles. The molecule has 1 aromatic heterocycles. The molecule has 13 heavy (non-hydrogen) atoms. The molecule has 0 bridgehead atoms. The van der Waals surface area contributed by atoms with Crippen LogP contribution in [0, 0.1) is 6.92 Å². The van der Waals surface area contributed by atoms with Crippen LogP contribution in [-0.4, -0.2) is 9.55 Å². The Hall–Kier alpha value is -1.03. The first-order chi connectivity index (χ1) is 6.09. The van der Waals surface area contributed by atoms with Gasteiger partial charge in [0, 0.05) is 11.5 Å². The topological polar surface area (TPSA) is 37.8 Å². The van der Waals surface area contributed by atoms with E-state index in [0.29, 0.717) is 0 Å². The zero-order valence-corrected chi connectivity index (χ0v) is 8.97. The summed E-state index contributed by atoms with van der Waals surface area (Å²) in [6.07, 6.45) is 0. The molecule has 1 heterocycles. The maximum absolute atomic E-state index is 11.3. The van der Waals surface area contributed by atoms with Gasteiger partial charge in [0.1, 0.15) is 0 Å². The van der Waals surface area contributed by atoms with Gasteiger partial charge >= 0.3 is 5.69 Å². The molecule has 0 aliphatic carbocycles. The number of aryl methyl sites for hydroxylation is 2. The third-order valence-electron chi connectivity index (χ3n) is 2.09. The van der Waals surface area contributed by atoms with E-state index in [1.165, 1.54) is 0 Å². The summed E-state index contributed by atoms with van der Waals surface area (Å²) in [6, 6.07) is 3.96. The Morgan fingerprint density at radius 1 is 1.46 bits per heavy atom. The minimum atomic E-state index is -0.0821. The summed E-state index contributed by atoms with van der Waals surface area (Å²) in [5, 5.41) is 0. The minimum Gasteiger partial charge on any atom is -0.305 e.